The summed E-state index contributed by atoms with van der Waals surface area (Å²) in [6, 6.07) is 1.63. The Kier molecular flexibility index (Phi) is 4.31. The second kappa shape index (κ2) is 5.75. The van der Waals surface area contributed by atoms with Crippen molar-refractivity contribution in [2.75, 3.05) is 5.09 Å². The van der Waals surface area contributed by atoms with Crippen LogP contribution in [0.1, 0.15) is 11.3 Å². The van der Waals surface area contributed by atoms with Crippen molar-refractivity contribution in [1.82, 2.24) is 9.97 Å². The summed E-state index contributed by atoms with van der Waals surface area (Å²) in [4.78, 5) is 7.77. The Bertz CT molecular complexity index is 534. The van der Waals surface area contributed by atoms with Gasteiger partial charge in [0.25, 0.3) is 0 Å². The van der Waals surface area contributed by atoms with Crippen LogP contribution >= 0.6 is 40.0 Å². The molecule has 2 aromatic rings. The third-order valence-corrected chi connectivity index (χ3v) is 3.38. The smallest absolute Gasteiger partial charge is 0.181 e. The van der Waals surface area contributed by atoms with Crippen molar-refractivity contribution >= 4 is 51.4 Å². The largest absolute Gasteiger partial charge is 0.442 e. The molecular weight excluding hydrogens is 373 g/mol. The number of nitrogens with one attached hydrogen (secondary N) is 2. The fourth-order valence-corrected chi connectivity index (χ4v) is 2.59. The van der Waals surface area contributed by atoms with Gasteiger partial charge in [-0.1, -0.05) is 11.6 Å². The van der Waals surface area contributed by atoms with Crippen molar-refractivity contribution in [2.45, 2.75) is 0 Å². The number of anilines is 1. The van der Waals surface area contributed by atoms with Gasteiger partial charge in [0.1, 0.15) is 10.9 Å². The van der Waals surface area contributed by atoms with E-state index >= 15 is 0 Å². The Morgan fingerprint density at radius 2 is 2.35 bits per heavy atom. The fourth-order valence-electron chi connectivity index (χ4n) is 1.26. The summed E-state index contributed by atoms with van der Waals surface area (Å²) < 4.78 is 5.10. The van der Waals surface area contributed by atoms with Gasteiger partial charge in [-0.2, -0.15) is 0 Å². The fraction of sp³-hybridized carbons (Fsp3) is 0. The van der Waals surface area contributed by atoms with Gasteiger partial charge >= 0.3 is 0 Å². The maximum absolute atomic E-state index is 8.04. The Balaban J connectivity index is 2.42. The number of nitrogens with zero attached hydrogens (tertiary/aromatic N) is 2. The van der Waals surface area contributed by atoms with E-state index in [1.54, 1.807) is 12.3 Å². The summed E-state index contributed by atoms with van der Waals surface area (Å²) in [7, 11) is 0. The molecule has 0 saturated carbocycles. The highest BCUT2D eigenvalue weighted by atomic mass is 127. The molecule has 2 aromatic heterocycles. The van der Waals surface area contributed by atoms with E-state index in [1.165, 1.54) is 12.6 Å². The number of hydrogen-bond donors (Lipinski definition) is 2. The van der Waals surface area contributed by atoms with E-state index in [-0.39, 0.29) is 5.71 Å². The van der Waals surface area contributed by atoms with E-state index in [0.29, 0.717) is 22.9 Å². The lowest BCUT2D eigenvalue weighted by Crippen LogP contribution is -2.04. The maximum atomic E-state index is 8.04. The molecule has 0 aliphatic carbocycles. The molecule has 0 fully saturated rings. The number of aromatic nitrogens is 2. The average molecular weight is 381 g/mol. The first kappa shape index (κ1) is 12.7. The predicted octanol–water partition coefficient (Wildman–Crippen LogP) is 3.49. The maximum Gasteiger partial charge on any atom is 0.181 e. The number of halogens is 2. The molecule has 1 atom stereocenters. The van der Waals surface area contributed by atoms with Crippen LogP contribution in [0.4, 0.5) is 5.69 Å². The highest BCUT2D eigenvalue weighted by molar-refractivity contribution is 14.2. The molecule has 0 aliphatic heterocycles. The van der Waals surface area contributed by atoms with Crippen LogP contribution in [0, 0.1) is 5.41 Å². The molecule has 2 N–H and O–H groups in total. The van der Waals surface area contributed by atoms with Crippen molar-refractivity contribution in [3.8, 4) is 0 Å². The number of oxazole rings is 1. The highest BCUT2D eigenvalue weighted by Crippen LogP contribution is 2.28. The van der Waals surface area contributed by atoms with Crippen molar-refractivity contribution in [2.24, 2.45) is 0 Å². The molecule has 2 heterocycles. The molecule has 5 nitrogen and oxygen atoms in total. The standard InChI is InChI=1S/C9H7ClIN4OP/c10-8-1-5(6(2-14-8)15-17-11)9(12)7-3-13-4-16-7/h1-4,12,15,17H. The predicted molar refractivity (Wildman–Crippen MR) is 77.6 cm³/mol. The minimum atomic E-state index is 0.226. The van der Waals surface area contributed by atoms with Gasteiger partial charge in [-0.3, -0.25) is 5.41 Å². The molecule has 17 heavy (non-hydrogen) atoms. The lowest BCUT2D eigenvalue weighted by atomic mass is 10.1. The molecule has 0 radical (unpaired) electrons. The Morgan fingerprint density at radius 3 is 3.00 bits per heavy atom. The summed E-state index contributed by atoms with van der Waals surface area (Å²) in [5.41, 5.74) is 1.62. The van der Waals surface area contributed by atoms with Crippen LogP contribution in [0.15, 0.2) is 29.3 Å². The SMILES string of the molecule is N=C(c1cnco1)c1cc(Cl)ncc1NPI. The van der Waals surface area contributed by atoms with E-state index in [9.17, 15) is 0 Å². The van der Waals surface area contributed by atoms with Gasteiger partial charge in [0.05, 0.1) is 18.1 Å². The molecule has 0 bridgehead atoms. The van der Waals surface area contributed by atoms with Crippen LogP contribution in [0.25, 0.3) is 0 Å². The van der Waals surface area contributed by atoms with Crippen molar-refractivity contribution in [3.63, 3.8) is 0 Å². The minimum Gasteiger partial charge on any atom is -0.442 e. The zero-order valence-electron chi connectivity index (χ0n) is 8.37. The second-order valence-corrected chi connectivity index (χ2v) is 5.46. The van der Waals surface area contributed by atoms with Crippen LogP contribution in [0.3, 0.4) is 0 Å². The van der Waals surface area contributed by atoms with Crippen LogP contribution in [-0.2, 0) is 0 Å². The van der Waals surface area contributed by atoms with Gasteiger partial charge in [-0.15, -0.1) is 0 Å². The molecule has 2 rings (SSSR count). The normalized spacial score (nSPS) is 10.9. The van der Waals surface area contributed by atoms with Gasteiger partial charge in [-0.25, -0.2) is 9.97 Å². The van der Waals surface area contributed by atoms with E-state index in [4.69, 9.17) is 21.4 Å². The third-order valence-electron chi connectivity index (χ3n) is 2.00. The number of rotatable bonds is 4. The van der Waals surface area contributed by atoms with Crippen molar-refractivity contribution in [3.05, 3.63) is 41.3 Å². The lowest BCUT2D eigenvalue weighted by molar-refractivity contribution is 0.548. The van der Waals surface area contributed by atoms with E-state index < -0.39 is 0 Å². The molecule has 0 amide bonds. The molecule has 0 saturated heterocycles. The zero-order chi connectivity index (χ0) is 12.3. The molecular formula is C9H7ClIN4OP. The van der Waals surface area contributed by atoms with E-state index in [1.807, 2.05) is 0 Å². The number of pyridine rings is 1. The van der Waals surface area contributed by atoms with Crippen molar-refractivity contribution < 1.29 is 4.42 Å². The Hall–Kier alpha value is -0.720. The molecule has 88 valence electrons. The molecule has 0 aliphatic rings. The quantitative estimate of drug-likeness (QED) is 0.368. The summed E-state index contributed by atoms with van der Waals surface area (Å²) >= 11 is 8.04. The van der Waals surface area contributed by atoms with E-state index in [2.05, 4.69) is 37.1 Å². The first-order chi connectivity index (χ1) is 8.22. The Morgan fingerprint density at radius 1 is 1.53 bits per heavy atom. The average Bonchev–Trinajstić information content (AvgIpc) is 2.84. The lowest BCUT2D eigenvalue weighted by Gasteiger charge is -2.09. The highest BCUT2D eigenvalue weighted by Gasteiger charge is 2.13. The third kappa shape index (κ3) is 2.94. The zero-order valence-corrected chi connectivity index (χ0v) is 12.3. The molecule has 0 spiro atoms. The summed E-state index contributed by atoms with van der Waals surface area (Å²) in [5.74, 6) is 0.395. The summed E-state index contributed by atoms with van der Waals surface area (Å²) in [5, 5.41) is 11.5. The van der Waals surface area contributed by atoms with Gasteiger partial charge in [0, 0.05) is 11.9 Å². The minimum absolute atomic E-state index is 0.226. The van der Waals surface area contributed by atoms with Crippen LogP contribution in [-0.4, -0.2) is 15.7 Å². The molecule has 8 heteroatoms. The Labute approximate surface area is 117 Å². The van der Waals surface area contributed by atoms with Gasteiger partial charge in [0.2, 0.25) is 0 Å². The topological polar surface area (TPSA) is 74.8 Å². The van der Waals surface area contributed by atoms with Gasteiger partial charge in [0.15, 0.2) is 12.2 Å². The monoisotopic (exact) mass is 380 g/mol. The van der Waals surface area contributed by atoms with Crippen molar-refractivity contribution in [1.29, 1.82) is 5.41 Å². The van der Waals surface area contributed by atoms with Gasteiger partial charge < -0.3 is 9.50 Å². The number of hydrogen-bond acceptors (Lipinski definition) is 5. The summed E-state index contributed by atoms with van der Waals surface area (Å²) in [6.45, 7) is 0. The first-order valence-corrected chi connectivity index (χ1v) is 8.96. The second-order valence-electron chi connectivity index (χ2n) is 3.01. The van der Waals surface area contributed by atoms with E-state index in [0.717, 1.165) is 5.69 Å². The summed E-state index contributed by atoms with van der Waals surface area (Å²) in [6.07, 6.45) is 4.87. The first-order valence-electron chi connectivity index (χ1n) is 4.47. The van der Waals surface area contributed by atoms with Crippen LogP contribution in [0.2, 0.25) is 5.15 Å². The molecule has 1 unspecified atom stereocenters. The van der Waals surface area contributed by atoms with Gasteiger partial charge in [-0.05, 0) is 28.1 Å². The molecule has 0 aromatic carbocycles. The van der Waals surface area contributed by atoms with Crippen LogP contribution < -0.4 is 5.09 Å². The van der Waals surface area contributed by atoms with Crippen LogP contribution in [0.5, 0.6) is 0 Å².